The molecule has 0 amide bonds. The van der Waals surface area contributed by atoms with Crippen LogP contribution in [0.1, 0.15) is 51.9 Å². The lowest BCUT2D eigenvalue weighted by Crippen LogP contribution is -2.32. The minimum absolute atomic E-state index is 0.160. The normalized spacial score (nSPS) is 11.3. The van der Waals surface area contributed by atoms with E-state index < -0.39 is 0 Å². The lowest BCUT2D eigenvalue weighted by molar-refractivity contribution is -0.140. The van der Waals surface area contributed by atoms with Gasteiger partial charge in [0.15, 0.2) is 5.96 Å². The number of hydrogen-bond acceptors (Lipinski definition) is 3. The van der Waals surface area contributed by atoms with E-state index in [1.54, 1.807) is 0 Å². The fourth-order valence-electron chi connectivity index (χ4n) is 1.51. The van der Waals surface area contributed by atoms with Gasteiger partial charge in [-0.3, -0.25) is 9.79 Å². The van der Waals surface area contributed by atoms with Crippen molar-refractivity contribution in [2.24, 2.45) is 10.7 Å². The minimum atomic E-state index is -0.160. The molecule has 0 heterocycles. The zero-order valence-electron chi connectivity index (χ0n) is 11.7. The molecule has 0 aliphatic carbocycles. The molecule has 5 nitrogen and oxygen atoms in total. The van der Waals surface area contributed by atoms with E-state index >= 15 is 0 Å². The van der Waals surface area contributed by atoms with Crippen LogP contribution in [0, 0.1) is 0 Å². The average molecular weight is 257 g/mol. The summed E-state index contributed by atoms with van der Waals surface area (Å²) in [5.41, 5.74) is 5.70. The second-order valence-electron chi connectivity index (χ2n) is 4.29. The van der Waals surface area contributed by atoms with Gasteiger partial charge < -0.3 is 15.8 Å². The fourth-order valence-corrected chi connectivity index (χ4v) is 1.51. The van der Waals surface area contributed by atoms with Gasteiger partial charge in [0, 0.05) is 19.5 Å². The van der Waals surface area contributed by atoms with Gasteiger partial charge in [-0.2, -0.15) is 0 Å². The maximum atomic E-state index is 10.8. The number of nitrogens with zero attached hydrogens (tertiary/aromatic N) is 1. The van der Waals surface area contributed by atoms with Crippen LogP contribution in [0.15, 0.2) is 4.99 Å². The van der Waals surface area contributed by atoms with E-state index in [1.165, 1.54) is 26.4 Å². The van der Waals surface area contributed by atoms with E-state index in [0.717, 1.165) is 32.4 Å². The van der Waals surface area contributed by atoms with Crippen molar-refractivity contribution in [3.05, 3.63) is 0 Å². The Morgan fingerprint density at radius 2 is 2.00 bits per heavy atom. The van der Waals surface area contributed by atoms with Gasteiger partial charge in [-0.15, -0.1) is 0 Å². The molecule has 106 valence electrons. The molecule has 0 aromatic heterocycles. The molecule has 5 heteroatoms. The van der Waals surface area contributed by atoms with Crippen molar-refractivity contribution in [1.29, 1.82) is 0 Å². The number of esters is 1. The van der Waals surface area contributed by atoms with Crippen LogP contribution >= 0.6 is 0 Å². The van der Waals surface area contributed by atoms with Crippen LogP contribution in [-0.2, 0) is 9.53 Å². The summed E-state index contributed by atoms with van der Waals surface area (Å²) < 4.78 is 4.56. The smallest absolute Gasteiger partial charge is 0.305 e. The van der Waals surface area contributed by atoms with Gasteiger partial charge in [0.1, 0.15) is 0 Å². The van der Waals surface area contributed by atoms with Crippen LogP contribution in [0.5, 0.6) is 0 Å². The Balaban J connectivity index is 3.37. The van der Waals surface area contributed by atoms with Crippen molar-refractivity contribution < 1.29 is 9.53 Å². The standard InChI is InChI=1S/C13H27N3O2/c1-3-4-5-7-10-15-13(14)16-11-8-6-9-12(17)18-2/h3-11H2,1-2H3,(H3,14,15,16). The maximum absolute atomic E-state index is 10.8. The number of ether oxygens (including phenoxy) is 1. The van der Waals surface area contributed by atoms with Crippen molar-refractivity contribution >= 4 is 11.9 Å². The Kier molecular flexibility index (Phi) is 11.3. The molecule has 0 aromatic rings. The first kappa shape index (κ1) is 16.7. The number of hydrogen-bond donors (Lipinski definition) is 2. The van der Waals surface area contributed by atoms with Gasteiger partial charge in [0.05, 0.1) is 7.11 Å². The Bertz CT molecular complexity index is 242. The number of unbranched alkanes of at least 4 members (excludes halogenated alkanes) is 4. The van der Waals surface area contributed by atoms with Crippen LogP contribution in [0.3, 0.4) is 0 Å². The Labute approximate surface area is 110 Å². The van der Waals surface area contributed by atoms with Crippen LogP contribution in [-0.4, -0.2) is 32.1 Å². The quantitative estimate of drug-likeness (QED) is 0.271. The van der Waals surface area contributed by atoms with E-state index in [1.807, 2.05) is 0 Å². The van der Waals surface area contributed by atoms with Crippen LogP contribution in [0.25, 0.3) is 0 Å². The van der Waals surface area contributed by atoms with Gasteiger partial charge >= 0.3 is 5.97 Å². The maximum Gasteiger partial charge on any atom is 0.305 e. The number of methoxy groups -OCH3 is 1. The van der Waals surface area contributed by atoms with E-state index in [-0.39, 0.29) is 5.97 Å². The van der Waals surface area contributed by atoms with E-state index in [2.05, 4.69) is 22.0 Å². The predicted molar refractivity (Wildman–Crippen MR) is 74.5 cm³/mol. The minimum Gasteiger partial charge on any atom is -0.469 e. The first-order valence-corrected chi connectivity index (χ1v) is 6.81. The highest BCUT2D eigenvalue weighted by Crippen LogP contribution is 1.98. The number of carbonyl (C=O) groups excluding carboxylic acids is 1. The SMILES string of the molecule is CCCCCCN=C(N)NCCCCC(=O)OC. The van der Waals surface area contributed by atoms with E-state index in [9.17, 15) is 4.79 Å². The van der Waals surface area contributed by atoms with Gasteiger partial charge in [-0.1, -0.05) is 26.2 Å². The van der Waals surface area contributed by atoms with Crippen LogP contribution < -0.4 is 11.1 Å². The lowest BCUT2D eigenvalue weighted by Gasteiger charge is -2.05. The summed E-state index contributed by atoms with van der Waals surface area (Å²) in [6, 6.07) is 0. The number of carbonyl (C=O) groups is 1. The molecule has 0 aromatic carbocycles. The molecular weight excluding hydrogens is 230 g/mol. The molecular formula is C13H27N3O2. The highest BCUT2D eigenvalue weighted by Gasteiger charge is 1.99. The molecule has 0 saturated carbocycles. The third-order valence-corrected chi connectivity index (χ3v) is 2.64. The molecule has 0 saturated heterocycles. The summed E-state index contributed by atoms with van der Waals surface area (Å²) in [5.74, 6) is 0.345. The van der Waals surface area contributed by atoms with Crippen molar-refractivity contribution in [3.8, 4) is 0 Å². The summed E-state index contributed by atoms with van der Waals surface area (Å²) in [7, 11) is 1.41. The first-order chi connectivity index (χ1) is 8.70. The second-order valence-corrected chi connectivity index (χ2v) is 4.29. The first-order valence-electron chi connectivity index (χ1n) is 6.81. The number of nitrogens with two attached hydrogens (primary N) is 1. The summed E-state index contributed by atoms with van der Waals surface area (Å²) in [6.07, 6.45) is 6.97. The van der Waals surface area contributed by atoms with Crippen molar-refractivity contribution in [1.82, 2.24) is 5.32 Å². The molecule has 0 bridgehead atoms. The molecule has 0 radical (unpaired) electrons. The van der Waals surface area contributed by atoms with Crippen molar-refractivity contribution in [2.45, 2.75) is 51.9 Å². The van der Waals surface area contributed by atoms with Gasteiger partial charge in [0.25, 0.3) is 0 Å². The molecule has 18 heavy (non-hydrogen) atoms. The zero-order valence-corrected chi connectivity index (χ0v) is 11.7. The fraction of sp³-hybridized carbons (Fsp3) is 0.846. The highest BCUT2D eigenvalue weighted by atomic mass is 16.5. The molecule has 0 unspecified atom stereocenters. The van der Waals surface area contributed by atoms with Crippen LogP contribution in [0.2, 0.25) is 0 Å². The molecule has 0 aliphatic heterocycles. The van der Waals surface area contributed by atoms with Gasteiger partial charge in [-0.05, 0) is 19.3 Å². The summed E-state index contributed by atoms with van der Waals surface area (Å²) >= 11 is 0. The number of nitrogens with one attached hydrogen (secondary N) is 1. The molecule has 3 N–H and O–H groups in total. The highest BCUT2D eigenvalue weighted by molar-refractivity contribution is 5.77. The zero-order chi connectivity index (χ0) is 13.6. The third kappa shape index (κ3) is 11.2. The molecule has 0 aliphatic rings. The molecule has 0 rings (SSSR count). The van der Waals surface area contributed by atoms with Crippen LogP contribution in [0.4, 0.5) is 0 Å². The van der Waals surface area contributed by atoms with Crippen molar-refractivity contribution in [3.63, 3.8) is 0 Å². The van der Waals surface area contributed by atoms with Gasteiger partial charge in [0.2, 0.25) is 0 Å². The summed E-state index contributed by atoms with van der Waals surface area (Å²) in [5, 5.41) is 3.04. The van der Waals surface area contributed by atoms with Gasteiger partial charge in [-0.25, -0.2) is 0 Å². The molecule has 0 fully saturated rings. The predicted octanol–water partition coefficient (Wildman–Crippen LogP) is 1.81. The Morgan fingerprint density at radius 3 is 2.67 bits per heavy atom. The van der Waals surface area contributed by atoms with Crippen molar-refractivity contribution in [2.75, 3.05) is 20.2 Å². The lowest BCUT2D eigenvalue weighted by atomic mass is 10.2. The second kappa shape index (κ2) is 12.2. The average Bonchev–Trinajstić information content (AvgIpc) is 2.37. The Hall–Kier alpha value is -1.26. The van der Waals surface area contributed by atoms with E-state index in [4.69, 9.17) is 5.73 Å². The number of aliphatic imine (C=N–C) groups is 1. The monoisotopic (exact) mass is 257 g/mol. The molecule has 0 spiro atoms. The topological polar surface area (TPSA) is 76.7 Å². The largest absolute Gasteiger partial charge is 0.469 e. The third-order valence-electron chi connectivity index (χ3n) is 2.64. The summed E-state index contributed by atoms with van der Waals surface area (Å²) in [4.78, 5) is 15.1. The number of rotatable bonds is 10. The number of guanidine groups is 1. The Morgan fingerprint density at radius 1 is 1.22 bits per heavy atom. The molecule has 0 atom stereocenters. The van der Waals surface area contributed by atoms with E-state index in [0.29, 0.717) is 12.4 Å². The summed E-state index contributed by atoms with van der Waals surface area (Å²) in [6.45, 7) is 3.73.